The third kappa shape index (κ3) is 2.36. The van der Waals surface area contributed by atoms with E-state index in [9.17, 15) is 0 Å². The zero-order chi connectivity index (χ0) is 10.7. The minimum atomic E-state index is 0.230. The highest BCUT2D eigenvalue weighted by Gasteiger charge is 2.18. The van der Waals surface area contributed by atoms with Crippen molar-refractivity contribution in [2.24, 2.45) is 5.73 Å². The van der Waals surface area contributed by atoms with E-state index in [0.717, 1.165) is 25.9 Å². The van der Waals surface area contributed by atoms with Crippen LogP contribution in [-0.4, -0.2) is 36.2 Å². The van der Waals surface area contributed by atoms with Gasteiger partial charge in [0, 0.05) is 31.4 Å². The molecule has 0 aromatic carbocycles. The number of nitrogens with zero attached hydrogens (tertiary/aromatic N) is 3. The third-order valence-corrected chi connectivity index (χ3v) is 2.57. The van der Waals surface area contributed by atoms with Crippen molar-refractivity contribution in [2.45, 2.75) is 18.9 Å². The van der Waals surface area contributed by atoms with Gasteiger partial charge in [-0.05, 0) is 12.8 Å². The summed E-state index contributed by atoms with van der Waals surface area (Å²) >= 11 is 0. The Balaban J connectivity index is 2.13. The van der Waals surface area contributed by atoms with Crippen LogP contribution in [0.15, 0.2) is 12.3 Å². The number of aromatic nitrogens is 2. The van der Waals surface area contributed by atoms with Gasteiger partial charge in [0.1, 0.15) is 0 Å². The Hall–Kier alpha value is -1.36. The fourth-order valence-electron chi connectivity index (χ4n) is 1.79. The number of rotatable bonds is 2. The molecule has 5 heteroatoms. The number of ether oxygens (including phenoxy) is 1. The summed E-state index contributed by atoms with van der Waals surface area (Å²) in [7, 11) is 1.61. The summed E-state index contributed by atoms with van der Waals surface area (Å²) in [6.45, 7) is 1.80. The number of nitrogens with two attached hydrogens (primary N) is 1. The van der Waals surface area contributed by atoms with E-state index in [0.29, 0.717) is 11.8 Å². The van der Waals surface area contributed by atoms with Crippen molar-refractivity contribution >= 4 is 5.95 Å². The van der Waals surface area contributed by atoms with Crippen molar-refractivity contribution in [1.82, 2.24) is 9.97 Å². The van der Waals surface area contributed by atoms with Crippen LogP contribution in [0.5, 0.6) is 5.88 Å². The molecular formula is C10H16N4O. The second-order valence-electron chi connectivity index (χ2n) is 3.75. The van der Waals surface area contributed by atoms with Crippen LogP contribution in [0, 0.1) is 0 Å². The standard InChI is InChI=1S/C10H16N4O/c1-15-9-4-5-12-10(13-9)14-6-2-3-8(11)7-14/h4-5,8H,2-3,6-7,11H2,1H3/t8-/m1/s1. The van der Waals surface area contributed by atoms with Crippen LogP contribution < -0.4 is 15.4 Å². The molecule has 1 atom stereocenters. The van der Waals surface area contributed by atoms with Gasteiger partial charge in [0.25, 0.3) is 0 Å². The molecule has 15 heavy (non-hydrogen) atoms. The molecule has 0 saturated carbocycles. The molecule has 1 fully saturated rings. The lowest BCUT2D eigenvalue weighted by Gasteiger charge is -2.30. The number of anilines is 1. The molecule has 1 aliphatic heterocycles. The number of hydrogen-bond donors (Lipinski definition) is 1. The quantitative estimate of drug-likeness (QED) is 0.762. The molecule has 1 aromatic heterocycles. The van der Waals surface area contributed by atoms with Crippen molar-refractivity contribution in [3.05, 3.63) is 12.3 Å². The first-order valence-electron chi connectivity index (χ1n) is 5.17. The van der Waals surface area contributed by atoms with Crippen LogP contribution in [0.3, 0.4) is 0 Å². The van der Waals surface area contributed by atoms with Crippen LogP contribution >= 0.6 is 0 Å². The predicted molar refractivity (Wildman–Crippen MR) is 58.0 cm³/mol. The molecule has 1 aliphatic rings. The third-order valence-electron chi connectivity index (χ3n) is 2.57. The van der Waals surface area contributed by atoms with Gasteiger partial charge >= 0.3 is 0 Å². The van der Waals surface area contributed by atoms with Gasteiger partial charge in [-0.25, -0.2) is 4.98 Å². The summed E-state index contributed by atoms with van der Waals surface area (Å²) in [6.07, 6.45) is 3.89. The zero-order valence-electron chi connectivity index (χ0n) is 8.89. The fourth-order valence-corrected chi connectivity index (χ4v) is 1.79. The van der Waals surface area contributed by atoms with Crippen LogP contribution in [0.2, 0.25) is 0 Å². The van der Waals surface area contributed by atoms with Crippen molar-refractivity contribution in [3.8, 4) is 5.88 Å². The highest BCUT2D eigenvalue weighted by molar-refractivity contribution is 5.32. The minimum absolute atomic E-state index is 0.230. The molecule has 2 N–H and O–H groups in total. The molecule has 1 aromatic rings. The van der Waals surface area contributed by atoms with Crippen LogP contribution in [0.1, 0.15) is 12.8 Å². The van der Waals surface area contributed by atoms with Gasteiger partial charge in [-0.1, -0.05) is 0 Å². The van der Waals surface area contributed by atoms with Gasteiger partial charge in [0.05, 0.1) is 7.11 Å². The molecule has 1 saturated heterocycles. The van der Waals surface area contributed by atoms with E-state index in [4.69, 9.17) is 10.5 Å². The van der Waals surface area contributed by atoms with Crippen molar-refractivity contribution in [2.75, 3.05) is 25.1 Å². The highest BCUT2D eigenvalue weighted by Crippen LogP contribution is 2.16. The molecule has 0 unspecified atom stereocenters. The molecule has 0 bridgehead atoms. The Kier molecular flexibility index (Phi) is 3.01. The highest BCUT2D eigenvalue weighted by atomic mass is 16.5. The van der Waals surface area contributed by atoms with Gasteiger partial charge < -0.3 is 15.4 Å². The van der Waals surface area contributed by atoms with Gasteiger partial charge in [-0.2, -0.15) is 4.98 Å². The van der Waals surface area contributed by atoms with E-state index < -0.39 is 0 Å². The number of methoxy groups -OCH3 is 1. The summed E-state index contributed by atoms with van der Waals surface area (Å²) in [5.41, 5.74) is 5.90. The molecule has 0 aliphatic carbocycles. The molecule has 2 rings (SSSR count). The molecule has 0 spiro atoms. The molecule has 5 nitrogen and oxygen atoms in total. The topological polar surface area (TPSA) is 64.3 Å². The van der Waals surface area contributed by atoms with Crippen LogP contribution in [0.4, 0.5) is 5.95 Å². The lowest BCUT2D eigenvalue weighted by Crippen LogP contribution is -2.43. The van der Waals surface area contributed by atoms with E-state index in [1.807, 2.05) is 0 Å². The van der Waals surface area contributed by atoms with Crippen molar-refractivity contribution in [1.29, 1.82) is 0 Å². The molecule has 0 amide bonds. The SMILES string of the molecule is COc1ccnc(N2CCC[C@@H](N)C2)n1. The average molecular weight is 208 g/mol. The van der Waals surface area contributed by atoms with Gasteiger partial charge in [-0.15, -0.1) is 0 Å². The van der Waals surface area contributed by atoms with Crippen LogP contribution in [-0.2, 0) is 0 Å². The summed E-state index contributed by atoms with van der Waals surface area (Å²) in [5, 5.41) is 0. The first-order valence-corrected chi connectivity index (χ1v) is 5.17. The predicted octanol–water partition coefficient (Wildman–Crippen LogP) is 0.413. The second kappa shape index (κ2) is 4.44. The lowest BCUT2D eigenvalue weighted by atomic mass is 10.1. The summed E-state index contributed by atoms with van der Waals surface area (Å²) < 4.78 is 5.06. The van der Waals surface area contributed by atoms with E-state index in [2.05, 4.69) is 14.9 Å². The zero-order valence-corrected chi connectivity index (χ0v) is 8.89. The molecule has 2 heterocycles. The largest absolute Gasteiger partial charge is 0.481 e. The maximum Gasteiger partial charge on any atom is 0.228 e. The lowest BCUT2D eigenvalue weighted by molar-refractivity contribution is 0.395. The first-order chi connectivity index (χ1) is 7.29. The van der Waals surface area contributed by atoms with Gasteiger partial charge in [0.15, 0.2) is 0 Å². The maximum atomic E-state index is 5.90. The first kappa shape index (κ1) is 10.2. The summed E-state index contributed by atoms with van der Waals surface area (Å²) in [4.78, 5) is 10.6. The smallest absolute Gasteiger partial charge is 0.228 e. The normalized spacial score (nSPS) is 21.5. The summed E-state index contributed by atoms with van der Waals surface area (Å²) in [5.74, 6) is 1.31. The monoisotopic (exact) mass is 208 g/mol. The Bertz CT molecular complexity index is 331. The van der Waals surface area contributed by atoms with Gasteiger partial charge in [0.2, 0.25) is 11.8 Å². The Morgan fingerprint density at radius 2 is 2.47 bits per heavy atom. The number of hydrogen-bond acceptors (Lipinski definition) is 5. The molecule has 82 valence electrons. The van der Waals surface area contributed by atoms with Gasteiger partial charge in [-0.3, -0.25) is 0 Å². The Morgan fingerprint density at radius 1 is 1.60 bits per heavy atom. The Labute approximate surface area is 89.3 Å². The minimum Gasteiger partial charge on any atom is -0.481 e. The van der Waals surface area contributed by atoms with E-state index in [-0.39, 0.29) is 6.04 Å². The van der Waals surface area contributed by atoms with Crippen molar-refractivity contribution in [3.63, 3.8) is 0 Å². The average Bonchev–Trinajstić information content (AvgIpc) is 2.29. The molecular weight excluding hydrogens is 192 g/mol. The Morgan fingerprint density at radius 3 is 3.20 bits per heavy atom. The van der Waals surface area contributed by atoms with E-state index in [1.54, 1.807) is 19.4 Å². The van der Waals surface area contributed by atoms with E-state index >= 15 is 0 Å². The summed E-state index contributed by atoms with van der Waals surface area (Å²) in [6, 6.07) is 1.97. The van der Waals surface area contributed by atoms with Crippen molar-refractivity contribution < 1.29 is 4.74 Å². The van der Waals surface area contributed by atoms with Crippen LogP contribution in [0.25, 0.3) is 0 Å². The molecule has 0 radical (unpaired) electrons. The second-order valence-corrected chi connectivity index (χ2v) is 3.75. The fraction of sp³-hybridized carbons (Fsp3) is 0.600. The van der Waals surface area contributed by atoms with E-state index in [1.165, 1.54) is 0 Å². The number of piperidine rings is 1. The maximum absolute atomic E-state index is 5.90.